The molecule has 0 aliphatic heterocycles. The van der Waals surface area contributed by atoms with Gasteiger partial charge in [0, 0.05) is 24.4 Å². The van der Waals surface area contributed by atoms with E-state index in [0.29, 0.717) is 4.90 Å². The highest BCUT2D eigenvalue weighted by atomic mass is 32.2. The van der Waals surface area contributed by atoms with Gasteiger partial charge in [-0.15, -0.1) is 0 Å². The largest absolute Gasteiger partial charge is 0.330 e. The minimum absolute atomic E-state index is 0.153. The van der Waals surface area contributed by atoms with Crippen molar-refractivity contribution in [2.24, 2.45) is 16.9 Å². The van der Waals surface area contributed by atoms with Gasteiger partial charge >= 0.3 is 0 Å². The van der Waals surface area contributed by atoms with E-state index < -0.39 is 20.5 Å². The van der Waals surface area contributed by atoms with Crippen molar-refractivity contribution in [1.82, 2.24) is 0 Å². The van der Waals surface area contributed by atoms with Gasteiger partial charge in [-0.3, -0.25) is 0 Å². The molecule has 0 aromatic heterocycles. The van der Waals surface area contributed by atoms with Crippen molar-refractivity contribution in [3.05, 3.63) is 65.2 Å². The lowest BCUT2D eigenvalue weighted by molar-refractivity contribution is 0.510. The Labute approximate surface area is 143 Å². The van der Waals surface area contributed by atoms with Gasteiger partial charge in [0.2, 0.25) is 0 Å². The van der Waals surface area contributed by atoms with Crippen molar-refractivity contribution in [1.29, 1.82) is 0 Å². The molecule has 1 aliphatic rings. The molecule has 128 valence electrons. The van der Waals surface area contributed by atoms with Crippen LogP contribution in [0.5, 0.6) is 0 Å². The van der Waals surface area contributed by atoms with Crippen molar-refractivity contribution in [3.63, 3.8) is 0 Å². The molecule has 1 aliphatic carbocycles. The fraction of sp³-hybridized carbons (Fsp3) is 0.368. The molecular weight excluding hydrogens is 320 g/mol. The summed E-state index contributed by atoms with van der Waals surface area (Å²) in [5.41, 5.74) is 14.5. The first-order valence-electron chi connectivity index (χ1n) is 8.14. The molecule has 3 rings (SSSR count). The predicted octanol–water partition coefficient (Wildman–Crippen LogP) is 2.15. The summed E-state index contributed by atoms with van der Waals surface area (Å²) in [6.45, 7) is 4.47. The molecule has 0 saturated heterocycles. The molecule has 0 bridgehead atoms. The molecule has 2 aromatic rings. The van der Waals surface area contributed by atoms with Gasteiger partial charge in [-0.05, 0) is 31.5 Å². The van der Waals surface area contributed by atoms with Gasteiger partial charge in [-0.2, -0.15) is 0 Å². The Balaban J connectivity index is 2.04. The smallest absolute Gasteiger partial charge is 0.182 e. The zero-order chi connectivity index (χ0) is 17.5. The van der Waals surface area contributed by atoms with E-state index in [4.69, 9.17) is 11.5 Å². The fourth-order valence-corrected chi connectivity index (χ4v) is 6.14. The second-order valence-electron chi connectivity index (χ2n) is 6.81. The van der Waals surface area contributed by atoms with Crippen LogP contribution in [0.25, 0.3) is 0 Å². The molecule has 1 saturated carbocycles. The van der Waals surface area contributed by atoms with Crippen molar-refractivity contribution in [2.45, 2.75) is 29.9 Å². The van der Waals surface area contributed by atoms with Crippen LogP contribution in [0.3, 0.4) is 0 Å². The number of sulfone groups is 1. The van der Waals surface area contributed by atoms with Crippen LogP contribution in [0.2, 0.25) is 0 Å². The summed E-state index contributed by atoms with van der Waals surface area (Å²) >= 11 is 0. The lowest BCUT2D eigenvalue weighted by Gasteiger charge is -2.13. The minimum Gasteiger partial charge on any atom is -0.330 e. The molecule has 4 N–H and O–H groups in total. The second-order valence-corrected chi connectivity index (χ2v) is 8.88. The van der Waals surface area contributed by atoms with E-state index >= 15 is 0 Å². The number of nitrogens with two attached hydrogens (primary N) is 2. The molecule has 2 aromatic carbocycles. The van der Waals surface area contributed by atoms with Crippen LogP contribution in [0.15, 0.2) is 53.4 Å². The molecule has 0 heterocycles. The maximum atomic E-state index is 13.2. The van der Waals surface area contributed by atoms with Crippen LogP contribution in [-0.4, -0.2) is 26.8 Å². The van der Waals surface area contributed by atoms with Crippen LogP contribution in [0.4, 0.5) is 0 Å². The maximum absolute atomic E-state index is 13.2. The number of hydrogen-bond donors (Lipinski definition) is 2. The van der Waals surface area contributed by atoms with Crippen LogP contribution < -0.4 is 11.5 Å². The maximum Gasteiger partial charge on any atom is 0.182 e. The van der Waals surface area contributed by atoms with E-state index in [-0.39, 0.29) is 19.0 Å². The summed E-state index contributed by atoms with van der Waals surface area (Å²) in [6, 6.07) is 15.0. The Morgan fingerprint density at radius 3 is 1.79 bits per heavy atom. The third-order valence-corrected chi connectivity index (χ3v) is 7.60. The molecule has 5 heteroatoms. The summed E-state index contributed by atoms with van der Waals surface area (Å²) < 4.78 is 26.4. The van der Waals surface area contributed by atoms with E-state index in [1.165, 1.54) is 0 Å². The molecule has 4 nitrogen and oxygen atoms in total. The Kier molecular flexibility index (Phi) is 4.28. The van der Waals surface area contributed by atoms with Gasteiger partial charge in [0.05, 0.1) is 10.1 Å². The van der Waals surface area contributed by atoms with E-state index in [2.05, 4.69) is 0 Å². The zero-order valence-electron chi connectivity index (χ0n) is 14.1. The highest BCUT2D eigenvalue weighted by Gasteiger charge is 2.69. The molecule has 0 amide bonds. The van der Waals surface area contributed by atoms with Crippen molar-refractivity contribution >= 4 is 9.84 Å². The van der Waals surface area contributed by atoms with Gasteiger partial charge in [0.1, 0.15) is 0 Å². The van der Waals surface area contributed by atoms with Gasteiger partial charge < -0.3 is 11.5 Å². The molecule has 24 heavy (non-hydrogen) atoms. The highest BCUT2D eigenvalue weighted by Crippen LogP contribution is 2.62. The minimum atomic E-state index is -3.48. The topological polar surface area (TPSA) is 86.2 Å². The van der Waals surface area contributed by atoms with Gasteiger partial charge in [0.25, 0.3) is 0 Å². The Morgan fingerprint density at radius 2 is 1.33 bits per heavy atom. The third-order valence-electron chi connectivity index (χ3n) is 5.26. The van der Waals surface area contributed by atoms with E-state index in [1.807, 2.05) is 50.2 Å². The van der Waals surface area contributed by atoms with E-state index in [0.717, 1.165) is 16.7 Å². The Bertz CT molecular complexity index is 823. The van der Waals surface area contributed by atoms with E-state index in [9.17, 15) is 8.42 Å². The van der Waals surface area contributed by atoms with Crippen molar-refractivity contribution in [2.75, 3.05) is 13.1 Å². The normalized spacial score (nSPS) is 22.3. The third kappa shape index (κ3) is 2.57. The summed E-state index contributed by atoms with van der Waals surface area (Å²) in [4.78, 5) is 0.346. The molecule has 0 radical (unpaired) electrons. The summed E-state index contributed by atoms with van der Waals surface area (Å²) in [6.07, 6.45) is 0. The summed E-state index contributed by atoms with van der Waals surface area (Å²) in [7, 11) is -3.48. The van der Waals surface area contributed by atoms with Crippen LogP contribution in [-0.2, 0) is 9.84 Å². The van der Waals surface area contributed by atoms with Crippen molar-refractivity contribution < 1.29 is 8.42 Å². The van der Waals surface area contributed by atoms with Gasteiger partial charge in [0.15, 0.2) is 9.84 Å². The molecule has 2 atom stereocenters. The summed E-state index contributed by atoms with van der Waals surface area (Å²) in [5, 5.41) is -0.564. The summed E-state index contributed by atoms with van der Waals surface area (Å²) in [5.74, 6) is -0.153. The molecule has 1 fully saturated rings. The lowest BCUT2D eigenvalue weighted by Crippen LogP contribution is -2.31. The Morgan fingerprint density at radius 1 is 0.875 bits per heavy atom. The monoisotopic (exact) mass is 344 g/mol. The SMILES string of the molecule is Cc1ccc([C@H]2[C@@H](S(=O)(=O)c3ccc(C)cc3)C2(CN)CN)cc1. The second kappa shape index (κ2) is 5.99. The fourth-order valence-electron chi connectivity index (χ4n) is 3.67. The zero-order valence-corrected chi connectivity index (χ0v) is 14.9. The van der Waals surface area contributed by atoms with Crippen LogP contribution >= 0.6 is 0 Å². The lowest BCUT2D eigenvalue weighted by atomic mass is 9.99. The average Bonchev–Trinajstić information content (AvgIpc) is 3.26. The number of hydrogen-bond acceptors (Lipinski definition) is 4. The van der Waals surface area contributed by atoms with Crippen LogP contribution in [0.1, 0.15) is 22.6 Å². The van der Waals surface area contributed by atoms with Crippen molar-refractivity contribution in [3.8, 4) is 0 Å². The first kappa shape index (κ1) is 17.1. The average molecular weight is 344 g/mol. The first-order chi connectivity index (χ1) is 11.4. The molecule has 0 unspecified atom stereocenters. The highest BCUT2D eigenvalue weighted by molar-refractivity contribution is 7.92. The standard InChI is InChI=1S/C19H24N2O2S/c1-13-3-7-15(8-4-13)17-18(19(17,11-20)12-21)24(22,23)16-9-5-14(2)6-10-16/h3-10,17-18H,11-12,20-21H2,1-2H3/t17-,18+/m0/s1. The van der Waals surface area contributed by atoms with E-state index in [1.54, 1.807) is 12.1 Å². The number of aryl methyl sites for hydroxylation is 2. The number of benzene rings is 2. The quantitative estimate of drug-likeness (QED) is 0.870. The van der Waals surface area contributed by atoms with Gasteiger partial charge in [-0.25, -0.2) is 8.42 Å². The molecule has 0 spiro atoms. The predicted molar refractivity (Wildman–Crippen MR) is 96.6 cm³/mol. The first-order valence-corrected chi connectivity index (χ1v) is 9.69. The molecular formula is C19H24N2O2S. The van der Waals surface area contributed by atoms with Crippen LogP contribution in [0, 0.1) is 19.3 Å². The number of rotatable bonds is 5. The van der Waals surface area contributed by atoms with Gasteiger partial charge in [-0.1, -0.05) is 47.5 Å². The Hall–Kier alpha value is -1.69.